The van der Waals surface area contributed by atoms with E-state index in [4.69, 9.17) is 5.73 Å². The zero-order chi connectivity index (χ0) is 19.4. The number of nitrogens with zero attached hydrogens (tertiary/aromatic N) is 1. The SMILES string of the molecule is Cc1ccc(CNC(=O)C2CCN(C(=O)C3CCCC(N)C3)CC2)cc1F.Cl. The zero-order valence-electron chi connectivity index (χ0n) is 16.5. The lowest BCUT2D eigenvalue weighted by Gasteiger charge is -2.35. The molecular weight excluding hydrogens is 381 g/mol. The molecule has 156 valence electrons. The minimum Gasteiger partial charge on any atom is -0.352 e. The average molecular weight is 412 g/mol. The Morgan fingerprint density at radius 2 is 1.89 bits per heavy atom. The van der Waals surface area contributed by atoms with Gasteiger partial charge in [-0.05, 0) is 56.2 Å². The minimum atomic E-state index is -0.254. The van der Waals surface area contributed by atoms with Crippen LogP contribution in [-0.4, -0.2) is 35.8 Å². The van der Waals surface area contributed by atoms with Crippen LogP contribution in [0.4, 0.5) is 4.39 Å². The first-order valence-electron chi connectivity index (χ1n) is 10.0. The Hall–Kier alpha value is -1.66. The van der Waals surface area contributed by atoms with Crippen molar-refractivity contribution in [3.8, 4) is 0 Å². The molecule has 5 nitrogen and oxygen atoms in total. The predicted octanol–water partition coefficient (Wildman–Crippen LogP) is 2.93. The van der Waals surface area contributed by atoms with Crippen molar-refractivity contribution < 1.29 is 14.0 Å². The van der Waals surface area contributed by atoms with Crippen molar-refractivity contribution in [2.75, 3.05) is 13.1 Å². The van der Waals surface area contributed by atoms with E-state index < -0.39 is 0 Å². The molecule has 1 saturated carbocycles. The highest BCUT2D eigenvalue weighted by atomic mass is 35.5. The molecule has 0 radical (unpaired) electrons. The van der Waals surface area contributed by atoms with Gasteiger partial charge in [-0.2, -0.15) is 0 Å². The number of rotatable bonds is 4. The summed E-state index contributed by atoms with van der Waals surface area (Å²) in [7, 11) is 0. The molecule has 2 aliphatic rings. The fourth-order valence-corrected chi connectivity index (χ4v) is 4.15. The Balaban J connectivity index is 0.00000280. The van der Waals surface area contributed by atoms with Crippen molar-refractivity contribution in [1.82, 2.24) is 10.2 Å². The summed E-state index contributed by atoms with van der Waals surface area (Å²) in [6.07, 6.45) is 5.11. The first-order chi connectivity index (χ1) is 12.9. The quantitative estimate of drug-likeness (QED) is 0.799. The van der Waals surface area contributed by atoms with E-state index in [0.29, 0.717) is 38.0 Å². The van der Waals surface area contributed by atoms with Crippen LogP contribution in [0.3, 0.4) is 0 Å². The number of aryl methyl sites for hydroxylation is 1. The largest absolute Gasteiger partial charge is 0.352 e. The van der Waals surface area contributed by atoms with Crippen molar-refractivity contribution in [3.05, 3.63) is 35.1 Å². The van der Waals surface area contributed by atoms with Gasteiger partial charge < -0.3 is 16.0 Å². The van der Waals surface area contributed by atoms with E-state index in [-0.39, 0.29) is 47.9 Å². The van der Waals surface area contributed by atoms with Gasteiger partial charge in [0.15, 0.2) is 0 Å². The van der Waals surface area contributed by atoms with Gasteiger partial charge in [-0.3, -0.25) is 9.59 Å². The van der Waals surface area contributed by atoms with Gasteiger partial charge >= 0.3 is 0 Å². The van der Waals surface area contributed by atoms with E-state index in [2.05, 4.69) is 5.32 Å². The maximum absolute atomic E-state index is 13.6. The summed E-state index contributed by atoms with van der Waals surface area (Å²) in [6, 6.07) is 5.15. The molecular formula is C21H31ClFN3O2. The van der Waals surface area contributed by atoms with E-state index in [1.54, 1.807) is 13.0 Å². The van der Waals surface area contributed by atoms with Crippen LogP contribution in [0.5, 0.6) is 0 Å². The number of nitrogens with one attached hydrogen (secondary N) is 1. The van der Waals surface area contributed by atoms with Gasteiger partial charge in [0.25, 0.3) is 0 Å². The molecule has 1 aliphatic carbocycles. The summed E-state index contributed by atoms with van der Waals surface area (Å²) >= 11 is 0. The van der Waals surface area contributed by atoms with Crippen molar-refractivity contribution in [3.63, 3.8) is 0 Å². The summed E-state index contributed by atoms with van der Waals surface area (Å²) < 4.78 is 13.6. The van der Waals surface area contributed by atoms with Crippen LogP contribution in [0.25, 0.3) is 0 Å². The fourth-order valence-electron chi connectivity index (χ4n) is 4.15. The Bertz CT molecular complexity index is 692. The molecule has 1 aromatic carbocycles. The van der Waals surface area contributed by atoms with Crippen LogP contribution in [0.2, 0.25) is 0 Å². The van der Waals surface area contributed by atoms with Crippen LogP contribution in [0.15, 0.2) is 18.2 Å². The summed E-state index contributed by atoms with van der Waals surface area (Å²) in [4.78, 5) is 27.0. The molecule has 7 heteroatoms. The number of benzene rings is 1. The van der Waals surface area contributed by atoms with Crippen LogP contribution < -0.4 is 11.1 Å². The summed E-state index contributed by atoms with van der Waals surface area (Å²) in [5, 5.41) is 2.90. The third-order valence-corrected chi connectivity index (χ3v) is 5.94. The normalized spacial score (nSPS) is 23.0. The molecule has 1 aliphatic heterocycles. The molecule has 3 N–H and O–H groups in total. The molecule has 2 amide bonds. The second-order valence-electron chi connectivity index (χ2n) is 8.02. The zero-order valence-corrected chi connectivity index (χ0v) is 17.3. The monoisotopic (exact) mass is 411 g/mol. The van der Waals surface area contributed by atoms with Gasteiger partial charge in [-0.1, -0.05) is 18.6 Å². The number of likely N-dealkylation sites (tertiary alicyclic amines) is 1. The van der Waals surface area contributed by atoms with Crippen molar-refractivity contribution in [2.45, 2.75) is 58.0 Å². The predicted molar refractivity (Wildman–Crippen MR) is 109 cm³/mol. The molecule has 1 heterocycles. The van der Waals surface area contributed by atoms with E-state index >= 15 is 0 Å². The summed E-state index contributed by atoms with van der Waals surface area (Å²) in [5.41, 5.74) is 7.36. The number of carbonyl (C=O) groups is 2. The molecule has 3 rings (SSSR count). The van der Waals surface area contributed by atoms with Gasteiger partial charge in [-0.15, -0.1) is 12.4 Å². The molecule has 2 atom stereocenters. The number of amides is 2. The third kappa shape index (κ3) is 5.67. The summed E-state index contributed by atoms with van der Waals surface area (Å²) in [6.45, 7) is 3.30. The van der Waals surface area contributed by atoms with Crippen LogP contribution >= 0.6 is 12.4 Å². The number of halogens is 2. The molecule has 1 saturated heterocycles. The van der Waals surface area contributed by atoms with Crippen LogP contribution in [-0.2, 0) is 16.1 Å². The standard InChI is InChI=1S/C21H30FN3O2.ClH/c1-14-5-6-15(11-19(14)22)13-24-20(26)16-7-9-25(10-8-16)21(27)17-3-2-4-18(23)12-17;/h5-6,11,16-18H,2-4,7-10,12-13,23H2,1H3,(H,24,26);1H. The molecule has 2 fully saturated rings. The van der Waals surface area contributed by atoms with E-state index in [9.17, 15) is 14.0 Å². The van der Waals surface area contributed by atoms with E-state index in [1.165, 1.54) is 6.07 Å². The Morgan fingerprint density at radius 3 is 2.54 bits per heavy atom. The molecule has 2 unspecified atom stereocenters. The Labute approximate surface area is 172 Å². The van der Waals surface area contributed by atoms with Crippen LogP contribution in [0, 0.1) is 24.6 Å². The van der Waals surface area contributed by atoms with E-state index in [0.717, 1.165) is 31.2 Å². The van der Waals surface area contributed by atoms with Crippen LogP contribution in [0.1, 0.15) is 49.7 Å². The number of hydrogen-bond donors (Lipinski definition) is 2. The Kier molecular flexibility index (Phi) is 8.25. The first-order valence-corrected chi connectivity index (χ1v) is 10.0. The maximum atomic E-state index is 13.6. The number of hydrogen-bond acceptors (Lipinski definition) is 3. The second kappa shape index (κ2) is 10.2. The Morgan fingerprint density at radius 1 is 1.18 bits per heavy atom. The molecule has 0 aromatic heterocycles. The van der Waals surface area contributed by atoms with Crippen molar-refractivity contribution in [2.24, 2.45) is 17.6 Å². The topological polar surface area (TPSA) is 75.4 Å². The van der Waals surface area contributed by atoms with Crippen molar-refractivity contribution >= 4 is 24.2 Å². The lowest BCUT2D eigenvalue weighted by Crippen LogP contribution is -2.46. The fraction of sp³-hybridized carbons (Fsp3) is 0.619. The number of piperidine rings is 1. The molecule has 0 bridgehead atoms. The van der Waals surface area contributed by atoms with Gasteiger partial charge in [0, 0.05) is 37.5 Å². The first kappa shape index (κ1) is 22.6. The molecule has 28 heavy (non-hydrogen) atoms. The lowest BCUT2D eigenvalue weighted by atomic mass is 9.84. The minimum absolute atomic E-state index is 0. The van der Waals surface area contributed by atoms with Gasteiger partial charge in [0.2, 0.25) is 11.8 Å². The lowest BCUT2D eigenvalue weighted by molar-refractivity contribution is -0.140. The number of carbonyl (C=O) groups excluding carboxylic acids is 2. The molecule has 1 aromatic rings. The average Bonchev–Trinajstić information content (AvgIpc) is 2.68. The van der Waals surface area contributed by atoms with Gasteiger partial charge in [0.1, 0.15) is 5.82 Å². The third-order valence-electron chi connectivity index (χ3n) is 5.94. The highest BCUT2D eigenvalue weighted by Crippen LogP contribution is 2.27. The van der Waals surface area contributed by atoms with Gasteiger partial charge in [0.05, 0.1) is 0 Å². The van der Waals surface area contributed by atoms with Crippen molar-refractivity contribution in [1.29, 1.82) is 0 Å². The number of nitrogens with two attached hydrogens (primary N) is 1. The second-order valence-corrected chi connectivity index (χ2v) is 8.02. The summed E-state index contributed by atoms with van der Waals surface area (Å²) in [5.74, 6) is -0.0913. The van der Waals surface area contributed by atoms with E-state index in [1.807, 2.05) is 11.0 Å². The highest BCUT2D eigenvalue weighted by Gasteiger charge is 2.32. The maximum Gasteiger partial charge on any atom is 0.225 e. The molecule has 0 spiro atoms. The van der Waals surface area contributed by atoms with Gasteiger partial charge in [-0.25, -0.2) is 4.39 Å². The highest BCUT2D eigenvalue weighted by molar-refractivity contribution is 5.85. The smallest absolute Gasteiger partial charge is 0.225 e.